The molecule has 0 spiro atoms. The number of amides is 1. The minimum atomic E-state index is -0.931. The highest BCUT2D eigenvalue weighted by molar-refractivity contribution is 6.01. The van der Waals surface area contributed by atoms with E-state index in [4.69, 9.17) is 0 Å². The maximum atomic E-state index is 13.6. The molecule has 1 N–H and O–H groups in total. The molecule has 0 heterocycles. The van der Waals surface area contributed by atoms with Crippen molar-refractivity contribution < 1.29 is 4.79 Å². The summed E-state index contributed by atoms with van der Waals surface area (Å²) in [5.41, 5.74) is 2.95. The quantitative estimate of drug-likeness (QED) is 0.514. The van der Waals surface area contributed by atoms with Gasteiger partial charge in [0.1, 0.15) is 5.41 Å². The van der Waals surface area contributed by atoms with Gasteiger partial charge in [0.25, 0.3) is 0 Å². The van der Waals surface area contributed by atoms with Crippen LogP contribution in [0.15, 0.2) is 84.9 Å². The van der Waals surface area contributed by atoms with Gasteiger partial charge in [-0.1, -0.05) is 100 Å². The number of nitrogens with one attached hydrogen (secondary N) is 1. The Bertz CT molecular complexity index is 1040. The van der Waals surface area contributed by atoms with Crippen molar-refractivity contribution in [2.75, 3.05) is 5.32 Å². The van der Waals surface area contributed by atoms with Crippen molar-refractivity contribution in [1.29, 1.82) is 0 Å². The fourth-order valence-corrected chi connectivity index (χ4v) is 3.43. The molecule has 0 saturated heterocycles. The van der Waals surface area contributed by atoms with Crippen molar-refractivity contribution in [2.24, 2.45) is 0 Å². The molecular weight excluding hydrogens is 366 g/mol. The molecule has 1 amide bonds. The summed E-state index contributed by atoms with van der Waals surface area (Å²) in [6.45, 7) is 8.54. The van der Waals surface area contributed by atoms with Crippen molar-refractivity contribution in [3.8, 4) is 11.8 Å². The van der Waals surface area contributed by atoms with E-state index in [-0.39, 0.29) is 11.3 Å². The van der Waals surface area contributed by atoms with Crippen LogP contribution in [0.1, 0.15) is 50.8 Å². The molecule has 0 aliphatic carbocycles. The molecule has 0 bridgehead atoms. The second kappa shape index (κ2) is 9.01. The summed E-state index contributed by atoms with van der Waals surface area (Å²) < 4.78 is 0. The van der Waals surface area contributed by atoms with E-state index in [1.165, 1.54) is 5.56 Å². The molecule has 3 aromatic rings. The summed E-state index contributed by atoms with van der Waals surface area (Å²) in [4.78, 5) is 13.6. The first-order valence-electron chi connectivity index (χ1n) is 10.4. The van der Waals surface area contributed by atoms with Crippen molar-refractivity contribution in [3.05, 3.63) is 102 Å². The normalized spacial score (nSPS) is 12.9. The van der Waals surface area contributed by atoms with Crippen LogP contribution in [0.5, 0.6) is 0 Å². The molecule has 0 radical (unpaired) electrons. The summed E-state index contributed by atoms with van der Waals surface area (Å²) in [5.74, 6) is 6.42. The highest BCUT2D eigenvalue weighted by Gasteiger charge is 2.37. The van der Waals surface area contributed by atoms with Crippen LogP contribution in [-0.2, 0) is 15.6 Å². The Balaban J connectivity index is 1.97. The lowest BCUT2D eigenvalue weighted by molar-refractivity contribution is -0.119. The van der Waals surface area contributed by atoms with E-state index in [1.807, 2.05) is 79.7 Å². The van der Waals surface area contributed by atoms with Gasteiger partial charge in [0.2, 0.25) is 5.91 Å². The first kappa shape index (κ1) is 21.4. The van der Waals surface area contributed by atoms with Crippen LogP contribution in [0.2, 0.25) is 0 Å². The van der Waals surface area contributed by atoms with Crippen molar-refractivity contribution >= 4 is 11.6 Å². The molecule has 3 aromatic carbocycles. The zero-order chi connectivity index (χ0) is 21.6. The molecule has 0 fully saturated rings. The number of hydrogen-bond donors (Lipinski definition) is 1. The number of carbonyl (C=O) groups is 1. The van der Waals surface area contributed by atoms with Crippen molar-refractivity contribution in [1.82, 2.24) is 0 Å². The van der Waals surface area contributed by atoms with Crippen molar-refractivity contribution in [3.63, 3.8) is 0 Å². The Kier molecular flexibility index (Phi) is 6.43. The largest absolute Gasteiger partial charge is 0.324 e. The third-order valence-electron chi connectivity index (χ3n) is 5.39. The first-order chi connectivity index (χ1) is 14.3. The highest BCUT2D eigenvalue weighted by Crippen LogP contribution is 2.30. The third-order valence-corrected chi connectivity index (χ3v) is 5.39. The molecular formula is C28H29NO. The highest BCUT2D eigenvalue weighted by atomic mass is 16.2. The Hall–Kier alpha value is -3.31. The number of anilines is 1. The molecule has 0 aromatic heterocycles. The van der Waals surface area contributed by atoms with Gasteiger partial charge >= 0.3 is 0 Å². The van der Waals surface area contributed by atoms with E-state index in [0.717, 1.165) is 16.8 Å². The maximum Gasteiger partial charge on any atom is 0.247 e. The minimum Gasteiger partial charge on any atom is -0.324 e. The second-order valence-corrected chi connectivity index (χ2v) is 8.52. The van der Waals surface area contributed by atoms with Gasteiger partial charge in [0.05, 0.1) is 0 Å². The average Bonchev–Trinajstić information content (AvgIpc) is 2.76. The Morgan fingerprint density at radius 3 is 1.90 bits per heavy atom. The Morgan fingerprint density at radius 1 is 0.800 bits per heavy atom. The molecule has 30 heavy (non-hydrogen) atoms. The Morgan fingerprint density at radius 2 is 1.37 bits per heavy atom. The van der Waals surface area contributed by atoms with Gasteiger partial charge in [-0.15, -0.1) is 0 Å². The zero-order valence-electron chi connectivity index (χ0n) is 18.2. The number of carbonyl (C=O) groups excluding carboxylic acids is 1. The molecule has 0 unspecified atom stereocenters. The lowest BCUT2D eigenvalue weighted by atomic mass is 9.77. The van der Waals surface area contributed by atoms with Crippen molar-refractivity contribution in [2.45, 2.75) is 44.9 Å². The van der Waals surface area contributed by atoms with E-state index in [2.05, 4.69) is 50.1 Å². The first-order valence-corrected chi connectivity index (χ1v) is 10.4. The fourth-order valence-electron chi connectivity index (χ4n) is 3.43. The lowest BCUT2D eigenvalue weighted by Crippen LogP contribution is -2.38. The van der Waals surface area contributed by atoms with E-state index in [9.17, 15) is 4.79 Å². The van der Waals surface area contributed by atoms with Gasteiger partial charge in [0.15, 0.2) is 0 Å². The monoisotopic (exact) mass is 395 g/mol. The van der Waals surface area contributed by atoms with Crippen LogP contribution in [-0.4, -0.2) is 5.91 Å². The summed E-state index contributed by atoms with van der Waals surface area (Å²) in [7, 11) is 0. The molecule has 2 nitrogen and oxygen atoms in total. The predicted octanol–water partition coefficient (Wildman–Crippen LogP) is 6.32. The van der Waals surface area contributed by atoms with Crippen LogP contribution in [0.4, 0.5) is 5.69 Å². The van der Waals surface area contributed by atoms with Gasteiger partial charge in [-0.05, 0) is 47.2 Å². The van der Waals surface area contributed by atoms with Crippen LogP contribution >= 0.6 is 0 Å². The van der Waals surface area contributed by atoms with Crippen LogP contribution < -0.4 is 5.32 Å². The predicted molar refractivity (Wildman–Crippen MR) is 126 cm³/mol. The molecule has 3 rings (SSSR count). The standard InChI is InChI=1S/C28H29NO/c1-5-28(24-14-10-7-11-15-24,21-20-22-12-8-6-9-13-22)26(30)29-25-18-16-23(17-19-25)27(2,3)4/h6-19H,5H2,1-4H3,(H,29,30)/t28-/m1/s1. The molecule has 2 heteroatoms. The van der Waals surface area contributed by atoms with Gasteiger partial charge in [-0.25, -0.2) is 0 Å². The molecule has 0 aliphatic rings. The molecule has 0 saturated carbocycles. The van der Waals surface area contributed by atoms with Gasteiger partial charge in [-0.3, -0.25) is 4.79 Å². The third kappa shape index (κ3) is 4.81. The average molecular weight is 396 g/mol. The van der Waals surface area contributed by atoms with Crippen LogP contribution in [0.3, 0.4) is 0 Å². The van der Waals surface area contributed by atoms with Gasteiger partial charge in [0, 0.05) is 11.3 Å². The molecule has 152 valence electrons. The van der Waals surface area contributed by atoms with Gasteiger partial charge in [-0.2, -0.15) is 0 Å². The van der Waals surface area contributed by atoms with E-state index < -0.39 is 5.41 Å². The Labute approximate surface area is 180 Å². The summed E-state index contributed by atoms with van der Waals surface area (Å²) in [6.07, 6.45) is 0.572. The van der Waals surface area contributed by atoms with Crippen LogP contribution in [0.25, 0.3) is 0 Å². The van der Waals surface area contributed by atoms with E-state index >= 15 is 0 Å². The smallest absolute Gasteiger partial charge is 0.247 e. The zero-order valence-corrected chi connectivity index (χ0v) is 18.2. The second-order valence-electron chi connectivity index (χ2n) is 8.52. The topological polar surface area (TPSA) is 29.1 Å². The fraction of sp³-hybridized carbons (Fsp3) is 0.250. The van der Waals surface area contributed by atoms with Crippen LogP contribution in [0, 0.1) is 11.8 Å². The number of hydrogen-bond acceptors (Lipinski definition) is 1. The number of benzene rings is 3. The van der Waals surface area contributed by atoms with E-state index in [0.29, 0.717) is 6.42 Å². The SMILES string of the molecule is CC[C@](C#Cc1ccccc1)(C(=O)Nc1ccc(C(C)(C)C)cc1)c1ccccc1. The van der Waals surface area contributed by atoms with Gasteiger partial charge < -0.3 is 5.32 Å². The summed E-state index contributed by atoms with van der Waals surface area (Å²) in [5, 5.41) is 3.11. The summed E-state index contributed by atoms with van der Waals surface area (Å²) >= 11 is 0. The lowest BCUT2D eigenvalue weighted by Gasteiger charge is -2.27. The van der Waals surface area contributed by atoms with E-state index in [1.54, 1.807) is 0 Å². The molecule has 1 atom stereocenters. The summed E-state index contributed by atoms with van der Waals surface area (Å²) in [6, 6.07) is 27.7. The number of rotatable bonds is 4. The minimum absolute atomic E-state index is 0.0704. The molecule has 0 aliphatic heterocycles. The maximum absolute atomic E-state index is 13.6.